The van der Waals surface area contributed by atoms with E-state index in [4.69, 9.17) is 23.2 Å². The van der Waals surface area contributed by atoms with Gasteiger partial charge in [-0.05, 0) is 41.0 Å². The first-order valence-electron chi connectivity index (χ1n) is 11.0. The maximum atomic E-state index is 12.1. The quantitative estimate of drug-likeness (QED) is 0.261. The van der Waals surface area contributed by atoms with Crippen molar-refractivity contribution in [3.63, 3.8) is 0 Å². The average Bonchev–Trinajstić information content (AvgIpc) is 2.86. The number of nitrogens with one attached hydrogen (secondary N) is 1. The predicted octanol–water partition coefficient (Wildman–Crippen LogP) is 6.68. The maximum Gasteiger partial charge on any atom is 0.177 e. The van der Waals surface area contributed by atoms with Gasteiger partial charge < -0.3 is 5.32 Å². The van der Waals surface area contributed by atoms with Crippen LogP contribution in [0.3, 0.4) is 0 Å². The van der Waals surface area contributed by atoms with E-state index in [-0.39, 0.29) is 4.90 Å². The molecule has 36 heavy (non-hydrogen) atoms. The van der Waals surface area contributed by atoms with Gasteiger partial charge in [0.15, 0.2) is 15.7 Å². The smallest absolute Gasteiger partial charge is 0.177 e. The number of hydrogen-bond acceptors (Lipinski definition) is 6. The van der Waals surface area contributed by atoms with Crippen molar-refractivity contribution >= 4 is 49.6 Å². The molecule has 0 amide bonds. The molecule has 0 atom stereocenters. The molecule has 0 bridgehead atoms. The molecule has 180 valence electrons. The fraction of sp³-hybridized carbons (Fsp3) is 0.0741. The summed E-state index contributed by atoms with van der Waals surface area (Å²) in [6.45, 7) is 0.428. The highest BCUT2D eigenvalue weighted by atomic mass is 35.5. The van der Waals surface area contributed by atoms with Crippen LogP contribution in [0.5, 0.6) is 0 Å². The number of aromatic nitrogens is 3. The largest absolute Gasteiger partial charge is 0.364 e. The first kappa shape index (κ1) is 24.2. The van der Waals surface area contributed by atoms with Gasteiger partial charge >= 0.3 is 0 Å². The van der Waals surface area contributed by atoms with E-state index >= 15 is 0 Å². The molecule has 0 saturated heterocycles. The van der Waals surface area contributed by atoms with E-state index in [0.717, 1.165) is 33.7 Å². The summed E-state index contributed by atoms with van der Waals surface area (Å²) in [5.74, 6) is 0.580. The number of hydrogen-bond donors (Lipinski definition) is 1. The Kier molecular flexibility index (Phi) is 6.62. The van der Waals surface area contributed by atoms with Crippen LogP contribution in [-0.2, 0) is 16.4 Å². The third-order valence-electron chi connectivity index (χ3n) is 5.69. The summed E-state index contributed by atoms with van der Waals surface area (Å²) in [6.07, 6.45) is 4.07. The number of benzene rings is 3. The van der Waals surface area contributed by atoms with Crippen LogP contribution in [-0.4, -0.2) is 29.9 Å². The SMILES string of the molecule is CS(=O)(=O)c1cncc(-c2nnc(NCc3cc(Cl)cc(Cl)c3)c3c(-c4ccccc4)cccc23)c1. The lowest BCUT2D eigenvalue weighted by Gasteiger charge is -2.15. The van der Waals surface area contributed by atoms with Crippen LogP contribution in [0, 0.1) is 0 Å². The van der Waals surface area contributed by atoms with Gasteiger partial charge in [-0.1, -0.05) is 71.7 Å². The molecule has 0 radical (unpaired) electrons. The van der Waals surface area contributed by atoms with Crippen LogP contribution in [0.4, 0.5) is 5.82 Å². The van der Waals surface area contributed by atoms with Crippen molar-refractivity contribution in [2.24, 2.45) is 0 Å². The van der Waals surface area contributed by atoms with Gasteiger partial charge in [0.1, 0.15) is 5.69 Å². The molecule has 2 aromatic heterocycles. The molecule has 0 aliphatic carbocycles. The molecule has 6 nitrogen and oxygen atoms in total. The Morgan fingerprint density at radius 1 is 0.833 bits per heavy atom. The molecular formula is C27H20Cl2N4O2S. The van der Waals surface area contributed by atoms with E-state index in [1.54, 1.807) is 18.3 Å². The summed E-state index contributed by atoms with van der Waals surface area (Å²) in [6, 6.07) is 22.8. The molecular weight excluding hydrogens is 515 g/mol. The molecule has 0 unspecified atom stereocenters. The lowest BCUT2D eigenvalue weighted by atomic mass is 9.96. The zero-order valence-corrected chi connectivity index (χ0v) is 21.4. The molecule has 1 N–H and O–H groups in total. The van der Waals surface area contributed by atoms with E-state index < -0.39 is 9.84 Å². The minimum absolute atomic E-state index is 0.120. The second-order valence-corrected chi connectivity index (χ2v) is 11.2. The van der Waals surface area contributed by atoms with E-state index in [1.807, 2.05) is 60.7 Å². The molecule has 2 heterocycles. The highest BCUT2D eigenvalue weighted by Gasteiger charge is 2.17. The second kappa shape index (κ2) is 9.85. The Bertz CT molecular complexity index is 1670. The minimum atomic E-state index is -3.44. The van der Waals surface area contributed by atoms with Gasteiger partial charge in [-0.15, -0.1) is 10.2 Å². The molecule has 0 spiro atoms. The lowest BCUT2D eigenvalue weighted by molar-refractivity contribution is 0.601. The summed E-state index contributed by atoms with van der Waals surface area (Å²) in [4.78, 5) is 4.26. The zero-order valence-electron chi connectivity index (χ0n) is 19.1. The monoisotopic (exact) mass is 534 g/mol. The van der Waals surface area contributed by atoms with Crippen molar-refractivity contribution in [3.8, 4) is 22.4 Å². The lowest BCUT2D eigenvalue weighted by Crippen LogP contribution is -2.05. The Labute approximate surface area is 218 Å². The summed E-state index contributed by atoms with van der Waals surface area (Å²) >= 11 is 12.4. The summed E-state index contributed by atoms with van der Waals surface area (Å²) in [5, 5.41) is 15.1. The molecule has 9 heteroatoms. The van der Waals surface area contributed by atoms with E-state index in [9.17, 15) is 8.42 Å². The number of pyridine rings is 1. The number of sulfone groups is 1. The maximum absolute atomic E-state index is 12.1. The van der Waals surface area contributed by atoms with E-state index in [1.165, 1.54) is 6.20 Å². The van der Waals surface area contributed by atoms with Crippen molar-refractivity contribution in [2.75, 3.05) is 11.6 Å². The zero-order chi connectivity index (χ0) is 25.3. The predicted molar refractivity (Wildman–Crippen MR) is 145 cm³/mol. The van der Waals surface area contributed by atoms with E-state index in [2.05, 4.69) is 20.5 Å². The third kappa shape index (κ3) is 5.04. The van der Waals surface area contributed by atoms with Gasteiger partial charge in [0.25, 0.3) is 0 Å². The first-order valence-corrected chi connectivity index (χ1v) is 13.6. The Balaban J connectivity index is 1.69. The average molecular weight is 535 g/mol. The van der Waals surface area contributed by atoms with Crippen LogP contribution in [0.1, 0.15) is 5.56 Å². The van der Waals surface area contributed by atoms with Crippen molar-refractivity contribution in [1.29, 1.82) is 0 Å². The highest BCUT2D eigenvalue weighted by Crippen LogP contribution is 2.37. The standard InChI is InChI=1S/C27H20Cl2N4O2S/c1-36(34,35)22-12-19(15-30-16-22)26-24-9-5-8-23(18-6-3-2-4-7-18)25(24)27(33-32-26)31-14-17-10-20(28)13-21(29)11-17/h2-13,15-16H,14H2,1H3,(H,31,33). The molecule has 3 aromatic carbocycles. The van der Waals surface area contributed by atoms with Crippen LogP contribution < -0.4 is 5.32 Å². The van der Waals surface area contributed by atoms with Crippen LogP contribution in [0.15, 0.2) is 90.1 Å². The van der Waals surface area contributed by atoms with Gasteiger partial charge in [0.2, 0.25) is 0 Å². The molecule has 0 aliphatic rings. The van der Waals surface area contributed by atoms with E-state index in [0.29, 0.717) is 33.7 Å². The van der Waals surface area contributed by atoms with Crippen LogP contribution >= 0.6 is 23.2 Å². The fourth-order valence-corrected chi connectivity index (χ4v) is 5.22. The summed E-state index contributed by atoms with van der Waals surface area (Å²) < 4.78 is 24.3. The van der Waals surface area contributed by atoms with Crippen molar-refractivity contribution < 1.29 is 8.42 Å². The van der Waals surface area contributed by atoms with Gasteiger partial charge in [0.05, 0.1) is 4.90 Å². The van der Waals surface area contributed by atoms with Crippen LogP contribution in [0.25, 0.3) is 33.2 Å². The Hall–Kier alpha value is -3.52. The summed E-state index contributed by atoms with van der Waals surface area (Å²) in [5.41, 5.74) is 3.97. The molecule has 5 aromatic rings. The topological polar surface area (TPSA) is 84.8 Å². The molecule has 5 rings (SSSR count). The summed E-state index contributed by atoms with van der Waals surface area (Å²) in [7, 11) is -3.44. The van der Waals surface area contributed by atoms with Gasteiger partial charge in [-0.3, -0.25) is 4.98 Å². The van der Waals surface area contributed by atoms with Crippen molar-refractivity contribution in [3.05, 3.63) is 101 Å². The van der Waals surface area contributed by atoms with Crippen LogP contribution in [0.2, 0.25) is 10.0 Å². The minimum Gasteiger partial charge on any atom is -0.364 e. The second-order valence-electron chi connectivity index (χ2n) is 8.30. The molecule has 0 fully saturated rings. The van der Waals surface area contributed by atoms with Gasteiger partial charge in [-0.2, -0.15) is 0 Å². The van der Waals surface area contributed by atoms with Crippen molar-refractivity contribution in [2.45, 2.75) is 11.4 Å². The number of fused-ring (bicyclic) bond motifs is 1. The number of rotatable bonds is 6. The number of nitrogens with zero attached hydrogens (tertiary/aromatic N) is 3. The van der Waals surface area contributed by atoms with Gasteiger partial charge in [0, 0.05) is 51.6 Å². The highest BCUT2D eigenvalue weighted by molar-refractivity contribution is 7.90. The Morgan fingerprint density at radius 3 is 2.31 bits per heavy atom. The normalized spacial score (nSPS) is 11.5. The molecule has 0 aliphatic heterocycles. The third-order valence-corrected chi connectivity index (χ3v) is 7.20. The van der Waals surface area contributed by atoms with Gasteiger partial charge in [-0.25, -0.2) is 8.42 Å². The van der Waals surface area contributed by atoms with Crippen molar-refractivity contribution in [1.82, 2.24) is 15.2 Å². The first-order chi connectivity index (χ1) is 17.3. The Morgan fingerprint density at radius 2 is 1.58 bits per heavy atom. The molecule has 0 saturated carbocycles. The fourth-order valence-electron chi connectivity index (χ4n) is 4.05. The number of halogens is 2. The number of anilines is 1.